The van der Waals surface area contributed by atoms with Gasteiger partial charge in [-0.05, 0) is 25.0 Å². The van der Waals surface area contributed by atoms with E-state index in [1.807, 2.05) is 38.1 Å². The molecule has 2 heterocycles. The van der Waals surface area contributed by atoms with E-state index in [1.54, 1.807) is 4.90 Å². The Balaban J connectivity index is 1.71. The van der Waals surface area contributed by atoms with Gasteiger partial charge in [-0.15, -0.1) is 0 Å². The molecule has 0 saturated carbocycles. The number of carbonyl (C=O) groups is 1. The van der Waals surface area contributed by atoms with Gasteiger partial charge < -0.3 is 14.8 Å². The van der Waals surface area contributed by atoms with E-state index in [0.29, 0.717) is 18.7 Å². The van der Waals surface area contributed by atoms with E-state index in [2.05, 4.69) is 10.3 Å². The van der Waals surface area contributed by atoms with Crippen molar-refractivity contribution in [2.24, 2.45) is 0 Å². The van der Waals surface area contributed by atoms with Gasteiger partial charge in [0.25, 0.3) is 5.56 Å². The Kier molecular flexibility index (Phi) is 4.24. The molecule has 0 saturated heterocycles. The summed E-state index contributed by atoms with van der Waals surface area (Å²) in [6, 6.07) is 7.72. The minimum atomic E-state index is -0.470. The molecule has 0 aliphatic carbocycles. The maximum absolute atomic E-state index is 12.5. The Morgan fingerprint density at radius 3 is 2.79 bits per heavy atom. The fourth-order valence-electron chi connectivity index (χ4n) is 3.01. The Morgan fingerprint density at radius 1 is 1.33 bits per heavy atom. The summed E-state index contributed by atoms with van der Waals surface area (Å²) < 4.78 is 1.40. The van der Waals surface area contributed by atoms with Gasteiger partial charge in [-0.1, -0.05) is 24.3 Å². The first kappa shape index (κ1) is 16.0. The number of benzene rings is 1. The molecule has 1 aliphatic rings. The third-order valence-electron chi connectivity index (χ3n) is 4.43. The molecule has 0 unspecified atom stereocenters. The van der Waals surface area contributed by atoms with Crippen LogP contribution in [0.2, 0.25) is 0 Å². The van der Waals surface area contributed by atoms with E-state index in [4.69, 9.17) is 0 Å². The number of aryl methyl sites for hydroxylation is 1. The van der Waals surface area contributed by atoms with Crippen molar-refractivity contribution in [3.05, 3.63) is 68.0 Å². The van der Waals surface area contributed by atoms with Crippen molar-refractivity contribution in [1.29, 1.82) is 0 Å². The van der Waals surface area contributed by atoms with Crippen LogP contribution in [-0.2, 0) is 19.6 Å². The number of aromatic amines is 1. The molecule has 2 amide bonds. The number of urea groups is 1. The number of nitrogens with one attached hydrogen (secondary N) is 2. The summed E-state index contributed by atoms with van der Waals surface area (Å²) in [5.74, 6) is 0. The van der Waals surface area contributed by atoms with Crippen molar-refractivity contribution in [2.45, 2.75) is 39.5 Å². The maximum Gasteiger partial charge on any atom is 0.328 e. The summed E-state index contributed by atoms with van der Waals surface area (Å²) in [4.78, 5) is 39.9. The monoisotopic (exact) mass is 328 g/mol. The molecule has 0 radical (unpaired) electrons. The van der Waals surface area contributed by atoms with E-state index in [-0.39, 0.29) is 18.6 Å². The normalized spacial score (nSPS) is 16.1. The second-order valence-corrected chi connectivity index (χ2v) is 5.86. The van der Waals surface area contributed by atoms with Crippen LogP contribution < -0.4 is 16.6 Å². The zero-order valence-electron chi connectivity index (χ0n) is 13.7. The maximum atomic E-state index is 12.5. The van der Waals surface area contributed by atoms with E-state index in [9.17, 15) is 14.4 Å². The Morgan fingerprint density at radius 2 is 2.08 bits per heavy atom. The highest BCUT2D eigenvalue weighted by molar-refractivity contribution is 5.75. The number of nitrogens with zero attached hydrogens (tertiary/aromatic N) is 2. The molecule has 7 nitrogen and oxygen atoms in total. The highest BCUT2D eigenvalue weighted by atomic mass is 16.2. The summed E-state index contributed by atoms with van der Waals surface area (Å²) in [6.07, 6.45) is 1.49. The average molecular weight is 328 g/mol. The molecule has 7 heteroatoms. The minimum absolute atomic E-state index is 0.0101. The Bertz CT molecular complexity index is 884. The molecule has 1 aromatic carbocycles. The van der Waals surface area contributed by atoms with Crippen LogP contribution in [0.25, 0.3) is 0 Å². The van der Waals surface area contributed by atoms with Crippen LogP contribution in [0.3, 0.4) is 0 Å². The van der Waals surface area contributed by atoms with Crippen LogP contribution >= 0.6 is 0 Å². The van der Waals surface area contributed by atoms with Gasteiger partial charge in [0.2, 0.25) is 0 Å². The number of rotatable bonds is 3. The van der Waals surface area contributed by atoms with Gasteiger partial charge in [0.15, 0.2) is 0 Å². The van der Waals surface area contributed by atoms with Gasteiger partial charge in [0, 0.05) is 19.3 Å². The zero-order chi connectivity index (χ0) is 17.3. The van der Waals surface area contributed by atoms with Crippen LogP contribution in [0.4, 0.5) is 4.79 Å². The molecule has 0 spiro atoms. The molecule has 2 N–H and O–H groups in total. The lowest BCUT2D eigenvalue weighted by Gasteiger charge is -2.22. The van der Waals surface area contributed by atoms with Crippen molar-refractivity contribution in [2.75, 3.05) is 0 Å². The van der Waals surface area contributed by atoms with Gasteiger partial charge in [-0.2, -0.15) is 0 Å². The summed E-state index contributed by atoms with van der Waals surface area (Å²) in [6.45, 7) is 4.87. The van der Waals surface area contributed by atoms with Crippen LogP contribution in [0.1, 0.15) is 36.6 Å². The highest BCUT2D eigenvalue weighted by Crippen LogP contribution is 2.32. The lowest BCUT2D eigenvalue weighted by molar-refractivity contribution is 0.184. The molecule has 2 aromatic rings. The average Bonchev–Trinajstić information content (AvgIpc) is 2.91. The number of H-pyrrole nitrogens is 1. The van der Waals surface area contributed by atoms with Crippen LogP contribution in [0.15, 0.2) is 40.1 Å². The van der Waals surface area contributed by atoms with Gasteiger partial charge >= 0.3 is 11.7 Å². The molecule has 0 bridgehead atoms. The van der Waals surface area contributed by atoms with Gasteiger partial charge in [0.05, 0.1) is 18.2 Å². The van der Waals surface area contributed by atoms with Gasteiger partial charge in [-0.3, -0.25) is 9.78 Å². The molecule has 1 atom stereocenters. The number of hydrogen-bond acceptors (Lipinski definition) is 3. The van der Waals surface area contributed by atoms with Crippen LogP contribution in [0.5, 0.6) is 0 Å². The fraction of sp³-hybridized carbons (Fsp3) is 0.353. The Labute approximate surface area is 138 Å². The van der Waals surface area contributed by atoms with Crippen LogP contribution in [-0.4, -0.2) is 20.5 Å². The van der Waals surface area contributed by atoms with Crippen molar-refractivity contribution >= 4 is 6.03 Å². The first-order valence-electron chi connectivity index (χ1n) is 7.96. The second-order valence-electron chi connectivity index (χ2n) is 5.86. The minimum Gasteiger partial charge on any atom is -0.334 e. The zero-order valence-corrected chi connectivity index (χ0v) is 13.7. The molecule has 24 heavy (non-hydrogen) atoms. The van der Waals surface area contributed by atoms with Crippen molar-refractivity contribution < 1.29 is 4.79 Å². The number of amides is 2. The first-order valence-corrected chi connectivity index (χ1v) is 7.96. The Hall–Kier alpha value is -2.83. The largest absolute Gasteiger partial charge is 0.334 e. The molecule has 3 rings (SSSR count). The van der Waals surface area contributed by atoms with Crippen molar-refractivity contribution in [3.8, 4) is 0 Å². The third-order valence-corrected chi connectivity index (χ3v) is 4.43. The SMILES string of the molecule is CCn1cc(CNC(=O)N2Cc3ccccc3[C@H]2C)c(=O)[nH]c1=O. The summed E-state index contributed by atoms with van der Waals surface area (Å²) >= 11 is 0. The quantitative estimate of drug-likeness (QED) is 0.891. The lowest BCUT2D eigenvalue weighted by atomic mass is 10.1. The number of fused-ring (bicyclic) bond motifs is 1. The van der Waals surface area contributed by atoms with Crippen molar-refractivity contribution in [1.82, 2.24) is 19.8 Å². The number of aromatic nitrogens is 2. The smallest absolute Gasteiger partial charge is 0.328 e. The van der Waals surface area contributed by atoms with E-state index < -0.39 is 11.2 Å². The standard InChI is InChI=1S/C17H20N4O3/c1-3-20-9-13(15(22)19-17(20)24)8-18-16(23)21-10-12-6-4-5-7-14(12)11(21)2/h4-7,9,11H,3,8,10H2,1-2H3,(H,18,23)(H,19,22,24)/t11-/m1/s1. The molecule has 0 fully saturated rings. The van der Waals surface area contributed by atoms with E-state index in [0.717, 1.165) is 11.1 Å². The van der Waals surface area contributed by atoms with Gasteiger partial charge in [0.1, 0.15) is 0 Å². The summed E-state index contributed by atoms with van der Waals surface area (Å²) in [7, 11) is 0. The lowest BCUT2D eigenvalue weighted by Crippen LogP contribution is -2.40. The molecule has 126 valence electrons. The predicted octanol–water partition coefficient (Wildman–Crippen LogP) is 1.34. The van der Waals surface area contributed by atoms with E-state index >= 15 is 0 Å². The summed E-state index contributed by atoms with van der Waals surface area (Å²) in [5.41, 5.74) is 1.72. The second kappa shape index (κ2) is 6.35. The van der Waals surface area contributed by atoms with Crippen LogP contribution in [0, 0.1) is 0 Å². The molecular formula is C17H20N4O3. The molecule has 1 aromatic heterocycles. The van der Waals surface area contributed by atoms with Crippen molar-refractivity contribution in [3.63, 3.8) is 0 Å². The fourth-order valence-corrected chi connectivity index (χ4v) is 3.01. The molecule has 1 aliphatic heterocycles. The number of hydrogen-bond donors (Lipinski definition) is 2. The first-order chi connectivity index (χ1) is 11.5. The number of carbonyl (C=O) groups excluding carboxylic acids is 1. The molecular weight excluding hydrogens is 308 g/mol. The van der Waals surface area contributed by atoms with E-state index in [1.165, 1.54) is 10.8 Å². The van der Waals surface area contributed by atoms with Gasteiger partial charge in [-0.25, -0.2) is 9.59 Å². The third kappa shape index (κ3) is 2.84. The summed E-state index contributed by atoms with van der Waals surface area (Å²) in [5, 5.41) is 2.77. The predicted molar refractivity (Wildman–Crippen MR) is 89.6 cm³/mol. The topological polar surface area (TPSA) is 87.2 Å². The highest BCUT2D eigenvalue weighted by Gasteiger charge is 2.29.